The number of methoxy groups -OCH3 is 1. The van der Waals surface area contributed by atoms with Gasteiger partial charge in [-0.2, -0.15) is 5.26 Å². The van der Waals surface area contributed by atoms with Gasteiger partial charge in [-0.25, -0.2) is 4.79 Å². The Bertz CT molecular complexity index is 366. The number of nitrogens with zero attached hydrogens (tertiary/aromatic N) is 2. The number of nitriles is 1. The molecule has 7 heteroatoms. The third-order valence-corrected chi connectivity index (χ3v) is 2.94. The standard InChI is InChI=1S/C12H18N2O5/c1-18-8-7-14(6-2-5-13)11(15)9-3-4-10(19-9)12(16)17/h9-10H,2-4,6-8H2,1H3,(H,16,17). The molecule has 7 nitrogen and oxygen atoms in total. The van der Waals surface area contributed by atoms with Crippen molar-refractivity contribution in [3.05, 3.63) is 0 Å². The molecule has 1 rings (SSSR count). The Morgan fingerprint density at radius 3 is 2.63 bits per heavy atom. The number of carbonyl (C=O) groups is 2. The first kappa shape index (κ1) is 15.4. The maximum Gasteiger partial charge on any atom is 0.332 e. The third-order valence-electron chi connectivity index (χ3n) is 2.94. The summed E-state index contributed by atoms with van der Waals surface area (Å²) in [5.74, 6) is -1.31. The van der Waals surface area contributed by atoms with Gasteiger partial charge in [-0.15, -0.1) is 0 Å². The molecule has 0 saturated carbocycles. The molecule has 19 heavy (non-hydrogen) atoms. The highest BCUT2D eigenvalue weighted by Gasteiger charge is 2.36. The lowest BCUT2D eigenvalue weighted by Crippen LogP contribution is -2.42. The van der Waals surface area contributed by atoms with Gasteiger partial charge in [0, 0.05) is 20.2 Å². The number of ether oxygens (including phenoxy) is 2. The number of hydrogen-bond donors (Lipinski definition) is 1. The second kappa shape index (κ2) is 7.71. The largest absolute Gasteiger partial charge is 0.479 e. The van der Waals surface area contributed by atoms with Gasteiger partial charge in [0.1, 0.15) is 6.10 Å². The van der Waals surface area contributed by atoms with Crippen LogP contribution in [-0.2, 0) is 19.1 Å². The van der Waals surface area contributed by atoms with Gasteiger partial charge in [-0.05, 0) is 12.8 Å². The fraction of sp³-hybridized carbons (Fsp3) is 0.750. The highest BCUT2D eigenvalue weighted by Crippen LogP contribution is 2.21. The quantitative estimate of drug-likeness (QED) is 0.699. The summed E-state index contributed by atoms with van der Waals surface area (Å²) in [6.07, 6.45) is -0.677. The van der Waals surface area contributed by atoms with E-state index in [1.54, 1.807) is 0 Å². The van der Waals surface area contributed by atoms with Crippen molar-refractivity contribution in [3.63, 3.8) is 0 Å². The number of aliphatic carboxylic acids is 1. The van der Waals surface area contributed by atoms with Crippen molar-refractivity contribution in [1.82, 2.24) is 4.90 Å². The monoisotopic (exact) mass is 270 g/mol. The van der Waals surface area contributed by atoms with Gasteiger partial charge in [0.2, 0.25) is 0 Å². The Kier molecular flexibility index (Phi) is 6.25. The lowest BCUT2D eigenvalue weighted by atomic mass is 10.1. The van der Waals surface area contributed by atoms with E-state index in [9.17, 15) is 9.59 Å². The van der Waals surface area contributed by atoms with Gasteiger partial charge in [-0.3, -0.25) is 4.79 Å². The van der Waals surface area contributed by atoms with E-state index >= 15 is 0 Å². The van der Waals surface area contributed by atoms with Crippen molar-refractivity contribution in [2.75, 3.05) is 26.8 Å². The van der Waals surface area contributed by atoms with Gasteiger partial charge in [-0.1, -0.05) is 0 Å². The molecular weight excluding hydrogens is 252 g/mol. The fourth-order valence-corrected chi connectivity index (χ4v) is 1.92. The Labute approximate surface area is 111 Å². The third kappa shape index (κ3) is 4.50. The molecule has 0 radical (unpaired) electrons. The molecule has 0 spiro atoms. The van der Waals surface area contributed by atoms with Crippen LogP contribution in [0, 0.1) is 11.3 Å². The number of amides is 1. The normalized spacial score (nSPS) is 21.9. The molecule has 0 aliphatic carbocycles. The van der Waals surface area contributed by atoms with Crippen LogP contribution in [-0.4, -0.2) is 60.9 Å². The minimum absolute atomic E-state index is 0.227. The molecule has 0 aromatic heterocycles. The Balaban J connectivity index is 2.56. The molecule has 0 aromatic carbocycles. The van der Waals surface area contributed by atoms with Crippen molar-refractivity contribution in [2.24, 2.45) is 0 Å². The highest BCUT2D eigenvalue weighted by atomic mass is 16.5. The molecule has 1 heterocycles. The van der Waals surface area contributed by atoms with Crippen LogP contribution in [0.3, 0.4) is 0 Å². The predicted molar refractivity (Wildman–Crippen MR) is 64.2 cm³/mol. The van der Waals surface area contributed by atoms with Crippen LogP contribution >= 0.6 is 0 Å². The predicted octanol–water partition coefficient (Wildman–Crippen LogP) is 0.00728. The zero-order chi connectivity index (χ0) is 14.3. The first-order valence-corrected chi connectivity index (χ1v) is 6.13. The maximum atomic E-state index is 12.2. The van der Waals surface area contributed by atoms with Crippen LogP contribution in [0.25, 0.3) is 0 Å². The number of rotatable bonds is 7. The molecule has 1 aliphatic heterocycles. The first-order chi connectivity index (χ1) is 9.10. The zero-order valence-corrected chi connectivity index (χ0v) is 10.9. The van der Waals surface area contributed by atoms with Gasteiger partial charge in [0.05, 0.1) is 19.1 Å². The second-order valence-corrected chi connectivity index (χ2v) is 4.26. The van der Waals surface area contributed by atoms with E-state index in [0.29, 0.717) is 32.5 Å². The fourth-order valence-electron chi connectivity index (χ4n) is 1.92. The minimum Gasteiger partial charge on any atom is -0.479 e. The zero-order valence-electron chi connectivity index (χ0n) is 10.9. The van der Waals surface area contributed by atoms with E-state index in [4.69, 9.17) is 19.8 Å². The van der Waals surface area contributed by atoms with Gasteiger partial charge >= 0.3 is 5.97 Å². The SMILES string of the molecule is COCCN(CCC#N)C(=O)C1CCC(C(=O)O)O1. The summed E-state index contributed by atoms with van der Waals surface area (Å²) in [4.78, 5) is 24.4. The summed E-state index contributed by atoms with van der Waals surface area (Å²) in [5, 5.41) is 17.4. The van der Waals surface area contributed by atoms with Crippen molar-refractivity contribution >= 4 is 11.9 Å². The highest BCUT2D eigenvalue weighted by molar-refractivity contribution is 5.82. The van der Waals surface area contributed by atoms with Gasteiger partial charge in [0.25, 0.3) is 5.91 Å². The minimum atomic E-state index is -1.05. The molecule has 1 amide bonds. The summed E-state index contributed by atoms with van der Waals surface area (Å²) < 4.78 is 10.1. The number of carbonyl (C=O) groups excluding carboxylic acids is 1. The maximum absolute atomic E-state index is 12.2. The number of hydrogen-bond acceptors (Lipinski definition) is 5. The average molecular weight is 270 g/mol. The van der Waals surface area contributed by atoms with E-state index in [1.165, 1.54) is 12.0 Å². The molecule has 0 aromatic rings. The Morgan fingerprint density at radius 2 is 2.11 bits per heavy atom. The lowest BCUT2D eigenvalue weighted by molar-refractivity contribution is -0.155. The smallest absolute Gasteiger partial charge is 0.332 e. The molecular formula is C12H18N2O5. The van der Waals surface area contributed by atoms with Crippen LogP contribution in [0.4, 0.5) is 0 Å². The van der Waals surface area contributed by atoms with Crippen LogP contribution < -0.4 is 0 Å². The molecule has 1 saturated heterocycles. The van der Waals surface area contributed by atoms with Crippen LogP contribution in [0.15, 0.2) is 0 Å². The van der Waals surface area contributed by atoms with Crippen LogP contribution in [0.1, 0.15) is 19.3 Å². The van der Waals surface area contributed by atoms with Gasteiger partial charge in [0.15, 0.2) is 6.10 Å². The van der Waals surface area contributed by atoms with Crippen molar-refractivity contribution in [2.45, 2.75) is 31.5 Å². The van der Waals surface area contributed by atoms with Gasteiger partial charge < -0.3 is 19.5 Å². The summed E-state index contributed by atoms with van der Waals surface area (Å²) in [5.41, 5.74) is 0. The first-order valence-electron chi connectivity index (χ1n) is 6.13. The van der Waals surface area contributed by atoms with E-state index < -0.39 is 18.2 Å². The lowest BCUT2D eigenvalue weighted by Gasteiger charge is -2.24. The number of carboxylic acid groups (broad SMARTS) is 1. The summed E-state index contributed by atoms with van der Waals surface area (Å²) in [7, 11) is 1.53. The molecule has 0 bridgehead atoms. The van der Waals surface area contributed by atoms with Crippen molar-refractivity contribution in [3.8, 4) is 6.07 Å². The second-order valence-electron chi connectivity index (χ2n) is 4.26. The van der Waals surface area contributed by atoms with E-state index in [0.717, 1.165) is 0 Å². The van der Waals surface area contributed by atoms with Crippen molar-refractivity contribution < 1.29 is 24.2 Å². The van der Waals surface area contributed by atoms with E-state index in [1.807, 2.05) is 6.07 Å². The average Bonchev–Trinajstić information content (AvgIpc) is 2.88. The topological polar surface area (TPSA) is 99.9 Å². The molecule has 1 fully saturated rings. The molecule has 1 N–H and O–H groups in total. The summed E-state index contributed by atoms with van der Waals surface area (Å²) >= 11 is 0. The molecule has 106 valence electrons. The summed E-state index contributed by atoms with van der Waals surface area (Å²) in [6, 6.07) is 1.98. The Morgan fingerprint density at radius 1 is 1.42 bits per heavy atom. The Hall–Kier alpha value is -1.65. The number of carboxylic acids is 1. The molecule has 2 unspecified atom stereocenters. The van der Waals surface area contributed by atoms with Crippen molar-refractivity contribution in [1.29, 1.82) is 5.26 Å². The molecule has 1 aliphatic rings. The summed E-state index contributed by atoms with van der Waals surface area (Å²) in [6.45, 7) is 1.04. The van der Waals surface area contributed by atoms with E-state index in [2.05, 4.69) is 0 Å². The van der Waals surface area contributed by atoms with Crippen LogP contribution in [0.2, 0.25) is 0 Å². The molecule has 2 atom stereocenters. The van der Waals surface area contributed by atoms with E-state index in [-0.39, 0.29) is 12.3 Å². The van der Waals surface area contributed by atoms with Crippen LogP contribution in [0.5, 0.6) is 0 Å².